The molecule has 0 aliphatic rings. The van der Waals surface area contributed by atoms with E-state index in [4.69, 9.17) is 10.00 Å². The molecule has 0 aliphatic heterocycles. The van der Waals surface area contributed by atoms with Crippen molar-refractivity contribution in [1.29, 1.82) is 5.26 Å². The molecule has 1 aromatic carbocycles. The van der Waals surface area contributed by atoms with Crippen LogP contribution in [-0.4, -0.2) is 18.0 Å². The number of anilines is 1. The summed E-state index contributed by atoms with van der Waals surface area (Å²) in [6.07, 6.45) is 1.55. The number of aromatic nitrogens is 1. The predicted molar refractivity (Wildman–Crippen MR) is 74.6 cm³/mol. The second kappa shape index (κ2) is 5.85. The molecule has 0 bridgehead atoms. The smallest absolute Gasteiger partial charge is 0.261 e. The number of nitrogens with zero attached hydrogens (tertiary/aromatic N) is 2. The van der Waals surface area contributed by atoms with Crippen LogP contribution in [0.15, 0.2) is 36.5 Å². The van der Waals surface area contributed by atoms with Gasteiger partial charge in [-0.1, -0.05) is 6.07 Å². The highest BCUT2D eigenvalue weighted by Crippen LogP contribution is 2.20. The van der Waals surface area contributed by atoms with Crippen molar-refractivity contribution < 1.29 is 9.53 Å². The van der Waals surface area contributed by atoms with E-state index in [1.54, 1.807) is 36.5 Å². The quantitative estimate of drug-likeness (QED) is 0.927. The van der Waals surface area contributed by atoms with E-state index in [2.05, 4.69) is 10.3 Å². The minimum atomic E-state index is -0.326. The van der Waals surface area contributed by atoms with E-state index >= 15 is 0 Å². The number of hydrogen-bond donors (Lipinski definition) is 1. The lowest BCUT2D eigenvalue weighted by atomic mass is 10.1. The van der Waals surface area contributed by atoms with E-state index in [1.165, 1.54) is 7.11 Å². The van der Waals surface area contributed by atoms with E-state index in [-0.39, 0.29) is 11.8 Å². The summed E-state index contributed by atoms with van der Waals surface area (Å²) in [5, 5.41) is 11.7. The van der Waals surface area contributed by atoms with E-state index in [0.717, 1.165) is 5.56 Å². The Balaban J connectivity index is 2.30. The first-order valence-electron chi connectivity index (χ1n) is 5.97. The van der Waals surface area contributed by atoms with Gasteiger partial charge in [-0.2, -0.15) is 5.26 Å². The lowest BCUT2D eigenvalue weighted by molar-refractivity contribution is 0.102. The van der Waals surface area contributed by atoms with Crippen molar-refractivity contribution in [3.05, 3.63) is 53.2 Å². The summed E-state index contributed by atoms with van der Waals surface area (Å²) in [6, 6.07) is 10.5. The predicted octanol–water partition coefficient (Wildman–Crippen LogP) is 2.52. The molecule has 1 N–H and O–H groups in total. The van der Waals surface area contributed by atoms with Crippen LogP contribution < -0.4 is 10.1 Å². The van der Waals surface area contributed by atoms with Crippen LogP contribution in [-0.2, 0) is 0 Å². The van der Waals surface area contributed by atoms with E-state index < -0.39 is 0 Å². The molecule has 100 valence electrons. The van der Waals surface area contributed by atoms with Crippen molar-refractivity contribution in [3.8, 4) is 11.9 Å². The lowest BCUT2D eigenvalue weighted by Gasteiger charge is -2.10. The minimum absolute atomic E-state index is 0.263. The van der Waals surface area contributed by atoms with Gasteiger partial charge in [-0.05, 0) is 36.8 Å². The number of nitriles is 1. The number of hydrogen-bond acceptors (Lipinski definition) is 4. The molecule has 1 aromatic heterocycles. The number of nitrogens with one attached hydrogen (secondary N) is 1. The van der Waals surface area contributed by atoms with Crippen LogP contribution in [0.2, 0.25) is 0 Å². The number of benzene rings is 1. The highest BCUT2D eigenvalue weighted by Gasteiger charge is 2.14. The topological polar surface area (TPSA) is 75.0 Å². The third kappa shape index (κ3) is 2.75. The zero-order chi connectivity index (χ0) is 14.5. The molecular weight excluding hydrogens is 254 g/mol. The Hall–Kier alpha value is -2.87. The summed E-state index contributed by atoms with van der Waals surface area (Å²) >= 11 is 0. The summed E-state index contributed by atoms with van der Waals surface area (Å²) in [4.78, 5) is 16.2. The van der Waals surface area contributed by atoms with Crippen LogP contribution in [0.4, 0.5) is 5.69 Å². The molecule has 2 aromatic rings. The molecule has 0 aliphatic carbocycles. The fourth-order valence-corrected chi connectivity index (χ4v) is 1.74. The van der Waals surface area contributed by atoms with Gasteiger partial charge in [0.05, 0.1) is 18.7 Å². The molecule has 0 saturated heterocycles. The van der Waals surface area contributed by atoms with Crippen molar-refractivity contribution in [2.24, 2.45) is 0 Å². The Kier molecular flexibility index (Phi) is 3.96. The molecule has 1 amide bonds. The number of amides is 1. The number of methoxy groups -OCH3 is 1. The first-order valence-corrected chi connectivity index (χ1v) is 5.97. The number of aryl methyl sites for hydroxylation is 1. The van der Waals surface area contributed by atoms with Gasteiger partial charge in [0.15, 0.2) is 0 Å². The Morgan fingerprint density at radius 2 is 2.20 bits per heavy atom. The molecule has 0 fully saturated rings. The lowest BCUT2D eigenvalue weighted by Crippen LogP contribution is -2.14. The number of carbonyl (C=O) groups is 1. The summed E-state index contributed by atoms with van der Waals surface area (Å²) in [5.74, 6) is -0.0627. The van der Waals surface area contributed by atoms with Crippen molar-refractivity contribution in [2.75, 3.05) is 12.4 Å². The van der Waals surface area contributed by atoms with Crippen LogP contribution >= 0.6 is 0 Å². The molecule has 0 spiro atoms. The fourth-order valence-electron chi connectivity index (χ4n) is 1.74. The average Bonchev–Trinajstić information content (AvgIpc) is 2.49. The van der Waals surface area contributed by atoms with E-state index in [1.807, 2.05) is 13.0 Å². The summed E-state index contributed by atoms with van der Waals surface area (Å²) in [5.41, 5.74) is 2.31. The molecule has 5 nitrogen and oxygen atoms in total. The monoisotopic (exact) mass is 267 g/mol. The van der Waals surface area contributed by atoms with Crippen molar-refractivity contribution >= 4 is 11.6 Å². The van der Waals surface area contributed by atoms with Crippen LogP contribution in [0.3, 0.4) is 0 Å². The second-order valence-corrected chi connectivity index (χ2v) is 4.16. The number of rotatable bonds is 3. The minimum Gasteiger partial charge on any atom is -0.480 e. The molecule has 20 heavy (non-hydrogen) atoms. The van der Waals surface area contributed by atoms with Crippen molar-refractivity contribution in [2.45, 2.75) is 6.92 Å². The molecule has 0 saturated carbocycles. The van der Waals surface area contributed by atoms with Gasteiger partial charge in [0, 0.05) is 11.9 Å². The molecule has 0 radical (unpaired) electrons. The summed E-state index contributed by atoms with van der Waals surface area (Å²) in [6.45, 7) is 1.86. The van der Waals surface area contributed by atoms with Gasteiger partial charge in [0.2, 0.25) is 5.88 Å². The summed E-state index contributed by atoms with van der Waals surface area (Å²) < 4.78 is 5.06. The van der Waals surface area contributed by atoms with Gasteiger partial charge in [0.1, 0.15) is 5.56 Å². The zero-order valence-corrected chi connectivity index (χ0v) is 11.2. The number of ether oxygens (including phenoxy) is 1. The van der Waals surface area contributed by atoms with Gasteiger partial charge in [-0.3, -0.25) is 4.79 Å². The molecule has 2 rings (SSSR count). The number of carbonyl (C=O) groups excluding carboxylic acids is 1. The Labute approximate surface area is 116 Å². The largest absolute Gasteiger partial charge is 0.480 e. The van der Waals surface area contributed by atoms with E-state index in [9.17, 15) is 4.79 Å². The summed E-state index contributed by atoms with van der Waals surface area (Å²) in [7, 11) is 1.46. The van der Waals surface area contributed by atoms with E-state index in [0.29, 0.717) is 16.8 Å². The number of pyridine rings is 1. The maximum Gasteiger partial charge on any atom is 0.261 e. The highest BCUT2D eigenvalue weighted by atomic mass is 16.5. The third-order valence-electron chi connectivity index (χ3n) is 2.82. The Bertz CT molecular complexity index is 690. The van der Waals surface area contributed by atoms with Crippen molar-refractivity contribution in [3.63, 3.8) is 0 Å². The van der Waals surface area contributed by atoms with Gasteiger partial charge < -0.3 is 10.1 Å². The molecular formula is C15H13N3O2. The first-order chi connectivity index (χ1) is 9.65. The Morgan fingerprint density at radius 1 is 1.40 bits per heavy atom. The van der Waals surface area contributed by atoms with Gasteiger partial charge in [-0.15, -0.1) is 0 Å². The third-order valence-corrected chi connectivity index (χ3v) is 2.82. The van der Waals surface area contributed by atoms with Crippen LogP contribution in [0.1, 0.15) is 21.5 Å². The van der Waals surface area contributed by atoms with Crippen LogP contribution in [0.5, 0.6) is 5.88 Å². The zero-order valence-electron chi connectivity index (χ0n) is 11.2. The molecule has 5 heteroatoms. The second-order valence-electron chi connectivity index (χ2n) is 4.16. The van der Waals surface area contributed by atoms with Gasteiger partial charge in [-0.25, -0.2) is 4.98 Å². The molecule has 0 unspecified atom stereocenters. The van der Waals surface area contributed by atoms with Crippen LogP contribution in [0.25, 0.3) is 0 Å². The van der Waals surface area contributed by atoms with Gasteiger partial charge in [0.25, 0.3) is 5.91 Å². The first kappa shape index (κ1) is 13.6. The Morgan fingerprint density at radius 3 is 2.90 bits per heavy atom. The molecule has 0 atom stereocenters. The maximum absolute atomic E-state index is 12.2. The normalized spacial score (nSPS) is 9.65. The standard InChI is InChI=1S/C15H13N3O2/c1-10-5-6-11(9-16)8-13(10)18-14(19)12-4-3-7-17-15(12)20-2/h3-8H,1-2H3,(H,18,19). The van der Waals surface area contributed by atoms with Gasteiger partial charge >= 0.3 is 0 Å². The SMILES string of the molecule is COc1ncccc1C(=O)Nc1cc(C#N)ccc1C. The highest BCUT2D eigenvalue weighted by molar-refractivity contribution is 6.06. The molecule has 1 heterocycles. The maximum atomic E-state index is 12.2. The average molecular weight is 267 g/mol. The fraction of sp³-hybridized carbons (Fsp3) is 0.133. The van der Waals surface area contributed by atoms with Crippen LogP contribution in [0, 0.1) is 18.3 Å². The van der Waals surface area contributed by atoms with Crippen molar-refractivity contribution in [1.82, 2.24) is 4.98 Å².